The third-order valence-corrected chi connectivity index (χ3v) is 3.60. The normalized spacial score (nSPS) is 18.3. The Labute approximate surface area is 121 Å². The average Bonchev–Trinajstić information content (AvgIpc) is 2.90. The van der Waals surface area contributed by atoms with Gasteiger partial charge in [-0.25, -0.2) is 0 Å². The van der Waals surface area contributed by atoms with Gasteiger partial charge in [0.05, 0.1) is 10.6 Å². The molecule has 0 radical (unpaired) electrons. The highest BCUT2D eigenvalue weighted by Crippen LogP contribution is 2.27. The first-order valence-electron chi connectivity index (χ1n) is 6.53. The predicted octanol–water partition coefficient (Wildman–Crippen LogP) is 2.76. The van der Waals surface area contributed by atoms with E-state index in [1.54, 1.807) is 12.1 Å². The van der Waals surface area contributed by atoms with Crippen LogP contribution >= 0.6 is 15.9 Å². The van der Waals surface area contributed by atoms with Gasteiger partial charge in [-0.2, -0.15) is 0 Å². The number of amides is 1. The highest BCUT2D eigenvalue weighted by molar-refractivity contribution is 9.10. The van der Waals surface area contributed by atoms with E-state index in [1.807, 2.05) is 13.0 Å². The number of ether oxygens (including phenoxy) is 2. The van der Waals surface area contributed by atoms with E-state index in [1.165, 1.54) is 0 Å². The van der Waals surface area contributed by atoms with Crippen LogP contribution in [0.4, 0.5) is 0 Å². The van der Waals surface area contributed by atoms with Crippen LogP contribution in [-0.2, 0) is 4.74 Å². The van der Waals surface area contributed by atoms with E-state index in [2.05, 4.69) is 21.2 Å². The number of hydrogen-bond acceptors (Lipinski definition) is 3. The van der Waals surface area contributed by atoms with Gasteiger partial charge in [0, 0.05) is 18.7 Å². The fourth-order valence-electron chi connectivity index (χ4n) is 1.98. The summed E-state index contributed by atoms with van der Waals surface area (Å²) in [6.45, 7) is 3.89. The summed E-state index contributed by atoms with van der Waals surface area (Å²) in [7, 11) is 0. The molecule has 1 atom stereocenters. The van der Waals surface area contributed by atoms with Crippen LogP contribution in [0.1, 0.15) is 30.1 Å². The van der Waals surface area contributed by atoms with Gasteiger partial charge in [-0.3, -0.25) is 4.79 Å². The molecular formula is C14H18BrNO3. The lowest BCUT2D eigenvalue weighted by Gasteiger charge is -2.13. The van der Waals surface area contributed by atoms with Crippen LogP contribution in [0.15, 0.2) is 22.7 Å². The van der Waals surface area contributed by atoms with Crippen molar-refractivity contribution in [3.8, 4) is 5.75 Å². The minimum atomic E-state index is -0.0751. The molecule has 0 aliphatic carbocycles. The topological polar surface area (TPSA) is 47.6 Å². The van der Waals surface area contributed by atoms with Gasteiger partial charge in [-0.15, -0.1) is 0 Å². The van der Waals surface area contributed by atoms with E-state index < -0.39 is 0 Å². The third-order valence-electron chi connectivity index (χ3n) is 2.98. The zero-order valence-electron chi connectivity index (χ0n) is 10.9. The SMILES string of the molecule is CCNC(=O)c1ccc(OC[C@H]2CCCO2)c(Br)c1. The van der Waals surface area contributed by atoms with Gasteiger partial charge in [0.15, 0.2) is 0 Å². The minimum Gasteiger partial charge on any atom is -0.490 e. The molecule has 1 aromatic rings. The lowest BCUT2D eigenvalue weighted by molar-refractivity contribution is 0.0677. The second-order valence-electron chi connectivity index (χ2n) is 4.45. The maximum atomic E-state index is 11.7. The van der Waals surface area contributed by atoms with E-state index >= 15 is 0 Å². The molecule has 0 spiro atoms. The standard InChI is InChI=1S/C14H18BrNO3/c1-2-16-14(17)10-5-6-13(12(15)8-10)19-9-11-4-3-7-18-11/h5-6,8,11H,2-4,7,9H2,1H3,(H,16,17)/t11-/m1/s1. The monoisotopic (exact) mass is 327 g/mol. The van der Waals surface area contributed by atoms with Crippen molar-refractivity contribution in [2.75, 3.05) is 19.8 Å². The zero-order valence-corrected chi connectivity index (χ0v) is 12.5. The summed E-state index contributed by atoms with van der Waals surface area (Å²) in [6, 6.07) is 5.35. The summed E-state index contributed by atoms with van der Waals surface area (Å²) in [5.74, 6) is 0.664. The Bertz CT molecular complexity index is 444. The summed E-state index contributed by atoms with van der Waals surface area (Å²) in [4.78, 5) is 11.7. The van der Waals surface area contributed by atoms with Gasteiger partial charge in [0.1, 0.15) is 12.4 Å². The fraction of sp³-hybridized carbons (Fsp3) is 0.500. The second-order valence-corrected chi connectivity index (χ2v) is 5.31. The van der Waals surface area contributed by atoms with E-state index in [4.69, 9.17) is 9.47 Å². The summed E-state index contributed by atoms with van der Waals surface area (Å²) < 4.78 is 12.0. The summed E-state index contributed by atoms with van der Waals surface area (Å²) >= 11 is 3.43. The van der Waals surface area contributed by atoms with Crippen molar-refractivity contribution < 1.29 is 14.3 Å². The highest BCUT2D eigenvalue weighted by atomic mass is 79.9. The van der Waals surface area contributed by atoms with E-state index in [9.17, 15) is 4.79 Å². The molecule has 1 fully saturated rings. The summed E-state index contributed by atoms with van der Waals surface area (Å²) in [6.07, 6.45) is 2.34. The van der Waals surface area contributed by atoms with E-state index in [0.717, 1.165) is 29.7 Å². The van der Waals surface area contributed by atoms with Gasteiger partial charge in [0.25, 0.3) is 5.91 Å². The zero-order chi connectivity index (χ0) is 13.7. The number of benzene rings is 1. The molecule has 2 rings (SSSR count). The number of hydrogen-bond donors (Lipinski definition) is 1. The quantitative estimate of drug-likeness (QED) is 0.904. The van der Waals surface area contributed by atoms with Gasteiger partial charge in [0.2, 0.25) is 0 Å². The van der Waals surface area contributed by atoms with Crippen molar-refractivity contribution >= 4 is 21.8 Å². The molecule has 4 nitrogen and oxygen atoms in total. The van der Waals surface area contributed by atoms with Crippen molar-refractivity contribution in [2.24, 2.45) is 0 Å². The molecule has 1 aromatic carbocycles. The smallest absolute Gasteiger partial charge is 0.251 e. The van der Waals surface area contributed by atoms with Crippen molar-refractivity contribution in [1.82, 2.24) is 5.32 Å². The molecule has 1 heterocycles. The van der Waals surface area contributed by atoms with E-state index in [0.29, 0.717) is 18.7 Å². The number of rotatable bonds is 5. The largest absolute Gasteiger partial charge is 0.490 e. The Morgan fingerprint density at radius 2 is 2.42 bits per heavy atom. The van der Waals surface area contributed by atoms with Crippen molar-refractivity contribution in [3.05, 3.63) is 28.2 Å². The molecule has 5 heteroatoms. The molecule has 0 unspecified atom stereocenters. The van der Waals surface area contributed by atoms with Crippen LogP contribution in [0.5, 0.6) is 5.75 Å². The van der Waals surface area contributed by atoms with Crippen LogP contribution in [0.25, 0.3) is 0 Å². The van der Waals surface area contributed by atoms with Crippen LogP contribution in [0, 0.1) is 0 Å². The first kappa shape index (κ1) is 14.3. The number of nitrogens with one attached hydrogen (secondary N) is 1. The minimum absolute atomic E-state index is 0.0751. The first-order chi connectivity index (χ1) is 9.20. The molecule has 1 aliphatic rings. The molecule has 0 bridgehead atoms. The molecular weight excluding hydrogens is 310 g/mol. The maximum absolute atomic E-state index is 11.7. The lowest BCUT2D eigenvalue weighted by atomic mass is 10.2. The third kappa shape index (κ3) is 3.94. The lowest BCUT2D eigenvalue weighted by Crippen LogP contribution is -2.22. The Kier molecular flexibility index (Phi) is 5.22. The Morgan fingerprint density at radius 3 is 3.05 bits per heavy atom. The molecule has 1 aliphatic heterocycles. The van der Waals surface area contributed by atoms with Gasteiger partial charge >= 0.3 is 0 Å². The first-order valence-corrected chi connectivity index (χ1v) is 7.32. The number of carbonyl (C=O) groups is 1. The number of carbonyl (C=O) groups excluding carboxylic acids is 1. The highest BCUT2D eigenvalue weighted by Gasteiger charge is 2.17. The maximum Gasteiger partial charge on any atom is 0.251 e. The van der Waals surface area contributed by atoms with Crippen molar-refractivity contribution in [2.45, 2.75) is 25.9 Å². The Morgan fingerprint density at radius 1 is 1.58 bits per heavy atom. The van der Waals surface area contributed by atoms with Crippen molar-refractivity contribution in [3.63, 3.8) is 0 Å². The van der Waals surface area contributed by atoms with Crippen LogP contribution < -0.4 is 10.1 Å². The Hall–Kier alpha value is -1.07. The van der Waals surface area contributed by atoms with Crippen LogP contribution in [-0.4, -0.2) is 31.8 Å². The molecule has 1 N–H and O–H groups in total. The summed E-state index contributed by atoms with van der Waals surface area (Å²) in [5, 5.41) is 2.76. The van der Waals surface area contributed by atoms with Gasteiger partial charge < -0.3 is 14.8 Å². The fourth-order valence-corrected chi connectivity index (χ4v) is 2.47. The predicted molar refractivity (Wildman–Crippen MR) is 76.6 cm³/mol. The molecule has 0 saturated carbocycles. The average molecular weight is 328 g/mol. The molecule has 1 amide bonds. The second kappa shape index (κ2) is 6.91. The van der Waals surface area contributed by atoms with Crippen molar-refractivity contribution in [1.29, 1.82) is 0 Å². The molecule has 0 aromatic heterocycles. The molecule has 19 heavy (non-hydrogen) atoms. The van der Waals surface area contributed by atoms with Gasteiger partial charge in [-0.1, -0.05) is 0 Å². The van der Waals surface area contributed by atoms with Gasteiger partial charge in [-0.05, 0) is 53.9 Å². The summed E-state index contributed by atoms with van der Waals surface area (Å²) in [5.41, 5.74) is 0.623. The molecule has 1 saturated heterocycles. The van der Waals surface area contributed by atoms with E-state index in [-0.39, 0.29) is 12.0 Å². The number of halogens is 1. The molecule has 104 valence electrons. The Balaban J connectivity index is 1.96. The van der Waals surface area contributed by atoms with Crippen LogP contribution in [0.3, 0.4) is 0 Å². The van der Waals surface area contributed by atoms with Crippen LogP contribution in [0.2, 0.25) is 0 Å².